The van der Waals surface area contributed by atoms with Crippen molar-refractivity contribution < 1.29 is 4.42 Å². The Balaban J connectivity index is 2.08. The van der Waals surface area contributed by atoms with E-state index in [1.54, 1.807) is 0 Å². The van der Waals surface area contributed by atoms with Crippen molar-refractivity contribution in [3.8, 4) is 0 Å². The zero-order chi connectivity index (χ0) is 14.0. The van der Waals surface area contributed by atoms with E-state index in [-0.39, 0.29) is 6.04 Å². The zero-order valence-electron chi connectivity index (χ0n) is 12.4. The minimum absolute atomic E-state index is 0.286. The van der Waals surface area contributed by atoms with Crippen LogP contribution in [0.5, 0.6) is 0 Å². The molecule has 0 fully saturated rings. The molecule has 0 bridgehead atoms. The number of furan rings is 1. The molecule has 0 spiro atoms. The molecule has 2 rings (SSSR count). The molecule has 0 amide bonds. The minimum atomic E-state index is 0.286. The van der Waals surface area contributed by atoms with Gasteiger partial charge in [0.2, 0.25) is 0 Å². The van der Waals surface area contributed by atoms with Crippen molar-refractivity contribution in [2.75, 3.05) is 0 Å². The summed E-state index contributed by atoms with van der Waals surface area (Å²) in [6.07, 6.45) is 0. The molecule has 2 heteroatoms. The van der Waals surface area contributed by atoms with Gasteiger partial charge in [0.1, 0.15) is 11.5 Å². The molecule has 1 unspecified atom stereocenters. The van der Waals surface area contributed by atoms with E-state index in [9.17, 15) is 0 Å². The first-order valence-corrected chi connectivity index (χ1v) is 6.87. The molecule has 0 aliphatic heterocycles. The summed E-state index contributed by atoms with van der Waals surface area (Å²) in [4.78, 5) is 0. The van der Waals surface area contributed by atoms with Crippen molar-refractivity contribution in [1.82, 2.24) is 5.32 Å². The number of nitrogens with one attached hydrogen (secondary N) is 1. The predicted octanol–water partition coefficient (Wildman–Crippen LogP) is 4.62. The van der Waals surface area contributed by atoms with Crippen molar-refractivity contribution in [1.29, 1.82) is 0 Å². The lowest BCUT2D eigenvalue weighted by Gasteiger charge is -2.20. The average molecular weight is 257 g/mol. The van der Waals surface area contributed by atoms with E-state index in [0.717, 1.165) is 11.5 Å². The second-order valence-corrected chi connectivity index (χ2v) is 5.39. The highest BCUT2D eigenvalue weighted by Gasteiger charge is 2.15. The minimum Gasteiger partial charge on any atom is -0.466 e. The van der Waals surface area contributed by atoms with Gasteiger partial charge in [-0.3, -0.25) is 0 Å². The molecule has 0 aliphatic carbocycles. The van der Waals surface area contributed by atoms with Crippen LogP contribution in [-0.2, 0) is 0 Å². The van der Waals surface area contributed by atoms with E-state index in [1.165, 1.54) is 16.7 Å². The fourth-order valence-electron chi connectivity index (χ4n) is 2.50. The SMILES string of the molecule is Cc1ccc([C@@H](C)NC(C)c2cc(C)oc2C)cc1. The Labute approximate surface area is 115 Å². The molecule has 102 valence electrons. The second-order valence-electron chi connectivity index (χ2n) is 5.39. The molecule has 0 radical (unpaired) electrons. The quantitative estimate of drug-likeness (QED) is 0.864. The summed E-state index contributed by atoms with van der Waals surface area (Å²) in [6.45, 7) is 10.5. The summed E-state index contributed by atoms with van der Waals surface area (Å²) >= 11 is 0. The zero-order valence-corrected chi connectivity index (χ0v) is 12.4. The molecule has 1 aromatic carbocycles. The van der Waals surface area contributed by atoms with E-state index in [1.807, 2.05) is 13.8 Å². The van der Waals surface area contributed by atoms with E-state index >= 15 is 0 Å². The van der Waals surface area contributed by atoms with Gasteiger partial charge in [0.25, 0.3) is 0 Å². The van der Waals surface area contributed by atoms with Crippen LogP contribution in [0.1, 0.15) is 54.1 Å². The summed E-state index contributed by atoms with van der Waals surface area (Å²) in [5.74, 6) is 1.98. The van der Waals surface area contributed by atoms with Crippen molar-refractivity contribution >= 4 is 0 Å². The number of hydrogen-bond acceptors (Lipinski definition) is 2. The van der Waals surface area contributed by atoms with Gasteiger partial charge < -0.3 is 9.73 Å². The molecular weight excluding hydrogens is 234 g/mol. The van der Waals surface area contributed by atoms with Crippen molar-refractivity contribution in [3.05, 3.63) is 58.5 Å². The molecule has 1 heterocycles. The topological polar surface area (TPSA) is 25.2 Å². The molecule has 2 atom stereocenters. The van der Waals surface area contributed by atoms with Crippen LogP contribution in [0.3, 0.4) is 0 Å². The van der Waals surface area contributed by atoms with E-state index in [0.29, 0.717) is 6.04 Å². The van der Waals surface area contributed by atoms with Crippen LogP contribution in [0.15, 0.2) is 34.7 Å². The maximum atomic E-state index is 5.60. The lowest BCUT2D eigenvalue weighted by molar-refractivity contribution is 0.469. The lowest BCUT2D eigenvalue weighted by Crippen LogP contribution is -2.22. The van der Waals surface area contributed by atoms with Crippen molar-refractivity contribution in [2.24, 2.45) is 0 Å². The molecule has 1 N–H and O–H groups in total. The molecular formula is C17H23NO. The largest absolute Gasteiger partial charge is 0.466 e. The van der Waals surface area contributed by atoms with E-state index < -0.39 is 0 Å². The van der Waals surface area contributed by atoms with Gasteiger partial charge in [0.15, 0.2) is 0 Å². The van der Waals surface area contributed by atoms with Crippen LogP contribution in [0.2, 0.25) is 0 Å². The normalized spacial score (nSPS) is 14.4. The Morgan fingerprint density at radius 1 is 0.947 bits per heavy atom. The van der Waals surface area contributed by atoms with Crippen LogP contribution < -0.4 is 5.32 Å². The maximum absolute atomic E-state index is 5.60. The highest BCUT2D eigenvalue weighted by atomic mass is 16.3. The number of benzene rings is 1. The number of aryl methyl sites for hydroxylation is 3. The van der Waals surface area contributed by atoms with Gasteiger partial charge >= 0.3 is 0 Å². The maximum Gasteiger partial charge on any atom is 0.105 e. The third-order valence-electron chi connectivity index (χ3n) is 3.62. The first-order valence-electron chi connectivity index (χ1n) is 6.87. The molecule has 19 heavy (non-hydrogen) atoms. The Morgan fingerprint density at radius 2 is 1.58 bits per heavy atom. The summed E-state index contributed by atoms with van der Waals surface area (Å²) < 4.78 is 5.60. The molecule has 1 aromatic heterocycles. The Kier molecular flexibility index (Phi) is 4.11. The molecule has 2 aromatic rings. The van der Waals surface area contributed by atoms with Crippen molar-refractivity contribution in [2.45, 2.75) is 46.7 Å². The monoisotopic (exact) mass is 257 g/mol. The smallest absolute Gasteiger partial charge is 0.105 e. The Bertz CT molecular complexity index is 539. The van der Waals surface area contributed by atoms with Gasteiger partial charge in [-0.2, -0.15) is 0 Å². The third-order valence-corrected chi connectivity index (χ3v) is 3.62. The highest BCUT2D eigenvalue weighted by molar-refractivity contribution is 5.26. The van der Waals surface area contributed by atoms with Gasteiger partial charge in [-0.05, 0) is 46.2 Å². The van der Waals surface area contributed by atoms with Crippen LogP contribution in [0.4, 0.5) is 0 Å². The fraction of sp³-hybridized carbons (Fsp3) is 0.412. The molecule has 0 saturated heterocycles. The summed E-state index contributed by atoms with van der Waals surface area (Å²) in [5.41, 5.74) is 3.86. The van der Waals surface area contributed by atoms with Crippen LogP contribution in [0.25, 0.3) is 0 Å². The number of rotatable bonds is 4. The first-order chi connectivity index (χ1) is 8.97. The van der Waals surface area contributed by atoms with Gasteiger partial charge in [-0.15, -0.1) is 0 Å². The van der Waals surface area contributed by atoms with Gasteiger partial charge in [0, 0.05) is 17.6 Å². The molecule has 2 nitrogen and oxygen atoms in total. The van der Waals surface area contributed by atoms with Crippen LogP contribution in [0, 0.1) is 20.8 Å². The van der Waals surface area contributed by atoms with Gasteiger partial charge in [0.05, 0.1) is 0 Å². The first kappa shape index (κ1) is 13.9. The fourth-order valence-corrected chi connectivity index (χ4v) is 2.50. The summed E-state index contributed by atoms with van der Waals surface area (Å²) in [7, 11) is 0. The standard InChI is InChI=1S/C17H23NO/c1-11-6-8-16(9-7-11)13(3)18-14(4)17-10-12(2)19-15(17)5/h6-10,13-14,18H,1-5H3/t13-,14?/m1/s1. The molecule has 0 aliphatic rings. The Morgan fingerprint density at radius 3 is 2.11 bits per heavy atom. The molecule has 0 saturated carbocycles. The predicted molar refractivity (Wildman–Crippen MR) is 79.3 cm³/mol. The van der Waals surface area contributed by atoms with Crippen LogP contribution >= 0.6 is 0 Å². The Hall–Kier alpha value is -1.54. The van der Waals surface area contributed by atoms with E-state index in [2.05, 4.69) is 56.4 Å². The van der Waals surface area contributed by atoms with Crippen molar-refractivity contribution in [3.63, 3.8) is 0 Å². The van der Waals surface area contributed by atoms with Crippen LogP contribution in [-0.4, -0.2) is 0 Å². The van der Waals surface area contributed by atoms with Gasteiger partial charge in [-0.25, -0.2) is 0 Å². The van der Waals surface area contributed by atoms with Gasteiger partial charge in [-0.1, -0.05) is 29.8 Å². The van der Waals surface area contributed by atoms with E-state index in [4.69, 9.17) is 4.42 Å². The second kappa shape index (κ2) is 5.62. The summed E-state index contributed by atoms with van der Waals surface area (Å²) in [5, 5.41) is 3.63. The highest BCUT2D eigenvalue weighted by Crippen LogP contribution is 2.24. The lowest BCUT2D eigenvalue weighted by atomic mass is 10.0. The summed E-state index contributed by atoms with van der Waals surface area (Å²) in [6, 6.07) is 11.4. The average Bonchev–Trinajstić information content (AvgIpc) is 2.69. The third kappa shape index (κ3) is 3.27. The number of hydrogen-bond donors (Lipinski definition) is 1.